The van der Waals surface area contributed by atoms with E-state index in [0.29, 0.717) is 5.41 Å². The number of piperidine rings is 1. The minimum Gasteiger partial charge on any atom is -0.300 e. The zero-order valence-corrected chi connectivity index (χ0v) is 13.5. The molecule has 1 saturated heterocycles. The Hall–Kier alpha value is -1.37. The maximum atomic E-state index is 9.86. The van der Waals surface area contributed by atoms with Crippen LogP contribution in [0.25, 0.3) is 0 Å². The van der Waals surface area contributed by atoms with Crippen LogP contribution in [0.4, 0.5) is 0 Å². The molecule has 1 aliphatic heterocycles. The van der Waals surface area contributed by atoms with Gasteiger partial charge in [-0.2, -0.15) is 5.26 Å². The van der Waals surface area contributed by atoms with Crippen molar-refractivity contribution in [3.63, 3.8) is 0 Å². The SMILES string of the molecule is CCNC(C#N)(CN1CCC(C)(C)CC1)c1ccccc1. The zero-order chi connectivity index (χ0) is 15.3. The Morgan fingerprint density at radius 2 is 1.86 bits per heavy atom. The van der Waals surface area contributed by atoms with Crippen LogP contribution in [0.2, 0.25) is 0 Å². The van der Waals surface area contributed by atoms with Gasteiger partial charge in [-0.3, -0.25) is 5.32 Å². The first-order valence-corrected chi connectivity index (χ1v) is 7.95. The van der Waals surface area contributed by atoms with Crippen molar-refractivity contribution in [2.45, 2.75) is 39.2 Å². The minimum absolute atomic E-state index is 0.441. The van der Waals surface area contributed by atoms with E-state index in [1.54, 1.807) is 0 Å². The molecule has 1 unspecified atom stereocenters. The monoisotopic (exact) mass is 285 g/mol. The van der Waals surface area contributed by atoms with E-state index in [1.807, 2.05) is 18.2 Å². The lowest BCUT2D eigenvalue weighted by Gasteiger charge is -2.41. The van der Waals surface area contributed by atoms with Crippen LogP contribution in [0, 0.1) is 16.7 Å². The molecule has 1 fully saturated rings. The summed E-state index contributed by atoms with van der Waals surface area (Å²) < 4.78 is 0. The van der Waals surface area contributed by atoms with Crippen molar-refractivity contribution in [2.75, 3.05) is 26.2 Å². The Bertz CT molecular complexity index is 479. The zero-order valence-electron chi connectivity index (χ0n) is 13.5. The fourth-order valence-corrected chi connectivity index (χ4v) is 3.07. The summed E-state index contributed by atoms with van der Waals surface area (Å²) in [5.41, 5.74) is 0.910. The number of nitrogens with one attached hydrogen (secondary N) is 1. The summed E-state index contributed by atoms with van der Waals surface area (Å²) in [4.78, 5) is 2.43. The van der Waals surface area contributed by atoms with E-state index in [2.05, 4.69) is 49.2 Å². The van der Waals surface area contributed by atoms with Crippen molar-refractivity contribution in [2.24, 2.45) is 5.41 Å². The largest absolute Gasteiger partial charge is 0.300 e. The molecule has 0 spiro atoms. The van der Waals surface area contributed by atoms with Gasteiger partial charge in [0, 0.05) is 6.54 Å². The second-order valence-corrected chi connectivity index (χ2v) is 6.85. The highest BCUT2D eigenvalue weighted by molar-refractivity contribution is 5.32. The molecule has 1 aromatic rings. The third-order valence-corrected chi connectivity index (χ3v) is 4.61. The van der Waals surface area contributed by atoms with Crippen LogP contribution in [0.15, 0.2) is 30.3 Å². The molecule has 0 radical (unpaired) electrons. The van der Waals surface area contributed by atoms with Crippen molar-refractivity contribution in [1.29, 1.82) is 5.26 Å². The Morgan fingerprint density at radius 3 is 2.38 bits per heavy atom. The summed E-state index contributed by atoms with van der Waals surface area (Å²) in [6.07, 6.45) is 2.41. The Morgan fingerprint density at radius 1 is 1.24 bits per heavy atom. The first-order chi connectivity index (χ1) is 10.0. The van der Waals surface area contributed by atoms with E-state index in [1.165, 1.54) is 12.8 Å². The molecule has 2 rings (SSSR count). The van der Waals surface area contributed by atoms with Crippen LogP contribution in [0.3, 0.4) is 0 Å². The van der Waals surface area contributed by atoms with Gasteiger partial charge in [-0.05, 0) is 43.5 Å². The molecule has 1 N–H and O–H groups in total. The Balaban J connectivity index is 2.16. The fraction of sp³-hybridized carbons (Fsp3) is 0.611. The number of likely N-dealkylation sites (N-methyl/N-ethyl adjacent to an activating group) is 1. The molecule has 0 amide bonds. The van der Waals surface area contributed by atoms with E-state index >= 15 is 0 Å². The van der Waals surface area contributed by atoms with Crippen LogP contribution < -0.4 is 5.32 Å². The predicted octanol–water partition coefficient (Wildman–Crippen LogP) is 3.14. The maximum Gasteiger partial charge on any atom is 0.145 e. The summed E-state index contributed by atoms with van der Waals surface area (Å²) in [6.45, 7) is 10.4. The van der Waals surface area contributed by atoms with Crippen molar-refractivity contribution in [1.82, 2.24) is 10.2 Å². The van der Waals surface area contributed by atoms with Crippen molar-refractivity contribution in [3.8, 4) is 6.07 Å². The predicted molar refractivity (Wildman–Crippen MR) is 86.9 cm³/mol. The molecule has 21 heavy (non-hydrogen) atoms. The van der Waals surface area contributed by atoms with E-state index in [4.69, 9.17) is 0 Å². The third-order valence-electron chi connectivity index (χ3n) is 4.61. The average Bonchev–Trinajstić information content (AvgIpc) is 2.49. The van der Waals surface area contributed by atoms with Gasteiger partial charge in [0.25, 0.3) is 0 Å². The van der Waals surface area contributed by atoms with Crippen molar-refractivity contribution >= 4 is 0 Å². The van der Waals surface area contributed by atoms with Gasteiger partial charge in [-0.1, -0.05) is 51.1 Å². The van der Waals surface area contributed by atoms with Gasteiger partial charge in [0.15, 0.2) is 0 Å². The first kappa shape index (κ1) is 16.0. The molecule has 114 valence electrons. The highest BCUT2D eigenvalue weighted by Gasteiger charge is 2.35. The van der Waals surface area contributed by atoms with Crippen molar-refractivity contribution < 1.29 is 0 Å². The second kappa shape index (κ2) is 6.60. The third kappa shape index (κ3) is 3.84. The van der Waals surface area contributed by atoms with Gasteiger partial charge in [0.05, 0.1) is 6.07 Å². The summed E-state index contributed by atoms with van der Waals surface area (Å²) in [5, 5.41) is 13.3. The number of likely N-dealkylation sites (tertiary alicyclic amines) is 1. The molecule has 1 aliphatic rings. The van der Waals surface area contributed by atoms with Gasteiger partial charge in [0.2, 0.25) is 0 Å². The summed E-state index contributed by atoms with van der Waals surface area (Å²) in [5.74, 6) is 0. The lowest BCUT2D eigenvalue weighted by molar-refractivity contribution is 0.111. The molecule has 1 heterocycles. The van der Waals surface area contributed by atoms with Gasteiger partial charge in [-0.25, -0.2) is 0 Å². The molecule has 0 bridgehead atoms. The highest BCUT2D eigenvalue weighted by atomic mass is 15.2. The van der Waals surface area contributed by atoms with E-state index in [-0.39, 0.29) is 0 Å². The molecule has 0 aliphatic carbocycles. The summed E-state index contributed by atoms with van der Waals surface area (Å²) in [7, 11) is 0. The molecule has 3 nitrogen and oxygen atoms in total. The van der Waals surface area contributed by atoms with E-state index in [0.717, 1.165) is 31.7 Å². The highest BCUT2D eigenvalue weighted by Crippen LogP contribution is 2.31. The summed E-state index contributed by atoms with van der Waals surface area (Å²) >= 11 is 0. The second-order valence-electron chi connectivity index (χ2n) is 6.85. The fourth-order valence-electron chi connectivity index (χ4n) is 3.07. The molecule has 3 heteroatoms. The van der Waals surface area contributed by atoms with Gasteiger partial charge >= 0.3 is 0 Å². The number of hydrogen-bond donors (Lipinski definition) is 1. The number of rotatable bonds is 5. The average molecular weight is 285 g/mol. The first-order valence-electron chi connectivity index (χ1n) is 7.95. The van der Waals surface area contributed by atoms with Gasteiger partial charge in [-0.15, -0.1) is 0 Å². The lowest BCUT2D eigenvalue weighted by atomic mass is 9.81. The Kier molecular flexibility index (Phi) is 5.03. The van der Waals surface area contributed by atoms with Crippen LogP contribution in [0.1, 0.15) is 39.2 Å². The molecule has 0 saturated carbocycles. The molecular formula is C18H27N3. The molecule has 1 atom stereocenters. The Labute approximate surface area is 129 Å². The van der Waals surface area contributed by atoms with Gasteiger partial charge in [0.1, 0.15) is 5.54 Å². The molecule has 1 aromatic carbocycles. The van der Waals surface area contributed by atoms with Gasteiger partial charge < -0.3 is 4.90 Å². The molecular weight excluding hydrogens is 258 g/mol. The number of nitriles is 1. The standard InChI is InChI=1S/C18H27N3/c1-4-20-18(14-19,16-8-6-5-7-9-16)15-21-12-10-17(2,3)11-13-21/h5-9,20H,4,10-13,15H2,1-3H3. The lowest BCUT2D eigenvalue weighted by Crippen LogP contribution is -2.52. The van der Waals surface area contributed by atoms with Crippen LogP contribution in [-0.4, -0.2) is 31.1 Å². The number of nitrogens with zero attached hydrogens (tertiary/aromatic N) is 2. The van der Waals surface area contributed by atoms with E-state index < -0.39 is 5.54 Å². The number of hydrogen-bond acceptors (Lipinski definition) is 3. The van der Waals surface area contributed by atoms with Crippen molar-refractivity contribution in [3.05, 3.63) is 35.9 Å². The summed E-state index contributed by atoms with van der Waals surface area (Å²) in [6, 6.07) is 12.7. The normalized spacial score (nSPS) is 21.4. The van der Waals surface area contributed by atoms with Crippen LogP contribution in [0.5, 0.6) is 0 Å². The smallest absolute Gasteiger partial charge is 0.145 e. The van der Waals surface area contributed by atoms with Crippen LogP contribution in [-0.2, 0) is 5.54 Å². The maximum absolute atomic E-state index is 9.86. The number of benzene rings is 1. The minimum atomic E-state index is -0.600. The molecule has 0 aromatic heterocycles. The quantitative estimate of drug-likeness (QED) is 0.903. The topological polar surface area (TPSA) is 39.1 Å². The van der Waals surface area contributed by atoms with Crippen LogP contribution >= 0.6 is 0 Å². The van der Waals surface area contributed by atoms with E-state index in [9.17, 15) is 5.26 Å².